The zero-order chi connectivity index (χ0) is 15.7. The van der Waals surface area contributed by atoms with E-state index in [4.69, 9.17) is 9.84 Å². The molecule has 120 valence electrons. The van der Waals surface area contributed by atoms with Crippen LogP contribution in [0.4, 0.5) is 25.0 Å². The Balaban J connectivity index is 1.87. The molecule has 1 amide bonds. The molecule has 0 bridgehead atoms. The first-order valence-corrected chi connectivity index (χ1v) is 7.14. The Bertz CT molecular complexity index is 555. The van der Waals surface area contributed by atoms with Gasteiger partial charge in [-0.05, 0) is 0 Å². The summed E-state index contributed by atoms with van der Waals surface area (Å²) in [5.41, 5.74) is 0.0198. The van der Waals surface area contributed by atoms with Crippen molar-refractivity contribution in [3.63, 3.8) is 0 Å². The van der Waals surface area contributed by atoms with Gasteiger partial charge in [0.05, 0.1) is 18.8 Å². The molecule has 2 N–H and O–H groups in total. The van der Waals surface area contributed by atoms with Crippen molar-refractivity contribution in [2.75, 3.05) is 49.1 Å². The minimum absolute atomic E-state index is 0.0706. The molecule has 0 aromatic heterocycles. The average Bonchev–Trinajstić information content (AvgIpc) is 2.89. The summed E-state index contributed by atoms with van der Waals surface area (Å²) < 4.78 is 33.5. The van der Waals surface area contributed by atoms with E-state index in [1.807, 2.05) is 0 Å². The number of cyclic esters (lactones) is 1. The number of carbonyl (C=O) groups excluding carboxylic acids is 1. The second-order valence-corrected chi connectivity index (χ2v) is 5.29. The van der Waals surface area contributed by atoms with Crippen molar-refractivity contribution < 1.29 is 23.4 Å². The molecule has 0 unspecified atom stereocenters. The second kappa shape index (κ2) is 6.05. The number of carbonyl (C=O) groups is 1. The molecule has 2 fully saturated rings. The number of nitrogens with zero attached hydrogens (tertiary/aromatic N) is 2. The van der Waals surface area contributed by atoms with E-state index in [1.165, 1.54) is 0 Å². The van der Waals surface area contributed by atoms with Crippen molar-refractivity contribution in [2.24, 2.45) is 0 Å². The molecule has 0 saturated carbocycles. The molecule has 3 rings (SSSR count). The van der Waals surface area contributed by atoms with Crippen molar-refractivity contribution in [2.45, 2.75) is 6.10 Å². The van der Waals surface area contributed by atoms with Crippen LogP contribution in [0.2, 0.25) is 0 Å². The topological polar surface area (TPSA) is 65.0 Å². The van der Waals surface area contributed by atoms with Crippen LogP contribution in [-0.2, 0) is 4.74 Å². The van der Waals surface area contributed by atoms with Crippen LogP contribution in [0.3, 0.4) is 0 Å². The standard InChI is InChI=1S/C14H17F2N3O3/c15-11-5-9(19-7-10(8-20)22-14(19)21)6-12(16)13(11)18-3-1-17-2-4-18/h5-6,10,17,20H,1-4,7-8H2/t10-/m1/s1. The summed E-state index contributed by atoms with van der Waals surface area (Å²) in [6.45, 7) is 2.11. The molecule has 0 spiro atoms. The Morgan fingerprint density at radius 1 is 1.27 bits per heavy atom. The van der Waals surface area contributed by atoms with Gasteiger partial charge in [0.25, 0.3) is 0 Å². The van der Waals surface area contributed by atoms with Gasteiger partial charge in [0.2, 0.25) is 0 Å². The van der Waals surface area contributed by atoms with Gasteiger partial charge in [-0.2, -0.15) is 0 Å². The molecule has 1 aromatic carbocycles. The predicted octanol–water partition coefficient (Wildman–Crippen LogP) is 0.692. The second-order valence-electron chi connectivity index (χ2n) is 5.29. The highest BCUT2D eigenvalue weighted by atomic mass is 19.1. The first kappa shape index (κ1) is 15.0. The number of hydrogen-bond donors (Lipinski definition) is 2. The third kappa shape index (κ3) is 2.71. The van der Waals surface area contributed by atoms with Crippen LogP contribution < -0.4 is 15.1 Å². The Hall–Kier alpha value is -1.93. The number of piperazine rings is 1. The Morgan fingerprint density at radius 3 is 2.45 bits per heavy atom. The third-order valence-electron chi connectivity index (χ3n) is 3.82. The maximum absolute atomic E-state index is 14.3. The molecule has 1 aromatic rings. The number of hydrogen-bond acceptors (Lipinski definition) is 5. The highest BCUT2D eigenvalue weighted by Crippen LogP contribution is 2.31. The lowest BCUT2D eigenvalue weighted by Crippen LogP contribution is -2.44. The number of nitrogens with one attached hydrogen (secondary N) is 1. The summed E-state index contributed by atoms with van der Waals surface area (Å²) in [6.07, 6.45) is -1.39. The summed E-state index contributed by atoms with van der Waals surface area (Å²) in [5, 5.41) is 12.1. The molecule has 0 aliphatic carbocycles. The molecular weight excluding hydrogens is 296 g/mol. The fourth-order valence-electron chi connectivity index (χ4n) is 2.73. The van der Waals surface area contributed by atoms with Gasteiger partial charge < -0.3 is 20.1 Å². The van der Waals surface area contributed by atoms with Crippen molar-refractivity contribution in [3.05, 3.63) is 23.8 Å². The van der Waals surface area contributed by atoms with Gasteiger partial charge in [0.1, 0.15) is 11.8 Å². The quantitative estimate of drug-likeness (QED) is 0.860. The molecule has 2 aliphatic heterocycles. The van der Waals surface area contributed by atoms with Crippen LogP contribution in [0.25, 0.3) is 0 Å². The van der Waals surface area contributed by atoms with E-state index in [1.54, 1.807) is 4.90 Å². The Kier molecular flexibility index (Phi) is 4.12. The van der Waals surface area contributed by atoms with Gasteiger partial charge in [-0.15, -0.1) is 0 Å². The van der Waals surface area contributed by atoms with Crippen LogP contribution in [-0.4, -0.2) is 56.6 Å². The number of aliphatic hydroxyl groups is 1. The van der Waals surface area contributed by atoms with Crippen LogP contribution in [0.15, 0.2) is 12.1 Å². The van der Waals surface area contributed by atoms with E-state index in [2.05, 4.69) is 5.32 Å². The van der Waals surface area contributed by atoms with E-state index in [0.717, 1.165) is 17.0 Å². The van der Waals surface area contributed by atoms with Crippen molar-refractivity contribution in [1.82, 2.24) is 5.32 Å². The smallest absolute Gasteiger partial charge is 0.414 e. The van der Waals surface area contributed by atoms with E-state index in [-0.39, 0.29) is 24.5 Å². The highest BCUT2D eigenvalue weighted by Gasteiger charge is 2.33. The van der Waals surface area contributed by atoms with Gasteiger partial charge in [-0.25, -0.2) is 13.6 Å². The average molecular weight is 313 g/mol. The van der Waals surface area contributed by atoms with Gasteiger partial charge in [0, 0.05) is 38.3 Å². The molecule has 2 heterocycles. The first-order chi connectivity index (χ1) is 10.6. The van der Waals surface area contributed by atoms with E-state index < -0.39 is 23.8 Å². The number of aliphatic hydroxyl groups excluding tert-OH is 1. The number of amides is 1. The van der Waals surface area contributed by atoms with Gasteiger partial charge in [-0.1, -0.05) is 0 Å². The summed E-state index contributed by atoms with van der Waals surface area (Å²) in [7, 11) is 0. The lowest BCUT2D eigenvalue weighted by Gasteiger charge is -2.30. The van der Waals surface area contributed by atoms with E-state index >= 15 is 0 Å². The number of benzene rings is 1. The first-order valence-electron chi connectivity index (χ1n) is 7.14. The zero-order valence-electron chi connectivity index (χ0n) is 11.9. The maximum Gasteiger partial charge on any atom is 0.414 e. The molecule has 6 nitrogen and oxygen atoms in total. The molecule has 22 heavy (non-hydrogen) atoms. The van der Waals surface area contributed by atoms with Crippen LogP contribution in [0, 0.1) is 11.6 Å². The van der Waals surface area contributed by atoms with Crippen molar-refractivity contribution >= 4 is 17.5 Å². The van der Waals surface area contributed by atoms with E-state index in [9.17, 15) is 13.6 Å². The fourth-order valence-corrected chi connectivity index (χ4v) is 2.73. The minimum atomic E-state index is -0.715. The number of halogens is 2. The van der Waals surface area contributed by atoms with Crippen LogP contribution in [0.5, 0.6) is 0 Å². The molecule has 8 heteroatoms. The van der Waals surface area contributed by atoms with Gasteiger partial charge >= 0.3 is 6.09 Å². The molecule has 1 atom stereocenters. The monoisotopic (exact) mass is 313 g/mol. The summed E-state index contributed by atoms with van der Waals surface area (Å²) >= 11 is 0. The molecule has 0 radical (unpaired) electrons. The number of ether oxygens (including phenoxy) is 1. The number of anilines is 2. The predicted molar refractivity (Wildman–Crippen MR) is 76.1 cm³/mol. The molecule has 2 saturated heterocycles. The molecular formula is C14H17F2N3O3. The minimum Gasteiger partial charge on any atom is -0.441 e. The van der Waals surface area contributed by atoms with Crippen molar-refractivity contribution in [1.29, 1.82) is 0 Å². The Labute approximate surface area is 126 Å². The van der Waals surface area contributed by atoms with Crippen LogP contribution >= 0.6 is 0 Å². The Morgan fingerprint density at radius 2 is 1.91 bits per heavy atom. The summed E-state index contributed by atoms with van der Waals surface area (Å²) in [6, 6.07) is 2.25. The number of rotatable bonds is 3. The zero-order valence-corrected chi connectivity index (χ0v) is 11.9. The van der Waals surface area contributed by atoms with E-state index in [0.29, 0.717) is 26.2 Å². The largest absolute Gasteiger partial charge is 0.441 e. The maximum atomic E-state index is 14.3. The molecule has 2 aliphatic rings. The normalized spacial score (nSPS) is 22.1. The van der Waals surface area contributed by atoms with Crippen molar-refractivity contribution in [3.8, 4) is 0 Å². The van der Waals surface area contributed by atoms with Gasteiger partial charge in [0.15, 0.2) is 11.6 Å². The lowest BCUT2D eigenvalue weighted by atomic mass is 10.2. The highest BCUT2D eigenvalue weighted by molar-refractivity contribution is 5.90. The fraction of sp³-hybridized carbons (Fsp3) is 0.500. The van der Waals surface area contributed by atoms with Gasteiger partial charge in [-0.3, -0.25) is 4.90 Å². The lowest BCUT2D eigenvalue weighted by molar-refractivity contribution is 0.0963. The SMILES string of the molecule is O=C1O[C@@H](CO)CN1c1cc(F)c(N2CCNCC2)c(F)c1. The van der Waals surface area contributed by atoms with Crippen LogP contribution in [0.1, 0.15) is 0 Å². The summed E-state index contributed by atoms with van der Waals surface area (Å²) in [5.74, 6) is -1.42. The third-order valence-corrected chi connectivity index (χ3v) is 3.82. The summed E-state index contributed by atoms with van der Waals surface area (Å²) in [4.78, 5) is 14.4.